The summed E-state index contributed by atoms with van der Waals surface area (Å²) < 4.78 is 1.63. The van der Waals surface area contributed by atoms with Crippen molar-refractivity contribution in [2.24, 2.45) is 0 Å². The summed E-state index contributed by atoms with van der Waals surface area (Å²) >= 11 is 0. The van der Waals surface area contributed by atoms with Crippen molar-refractivity contribution in [2.45, 2.75) is 82.8 Å². The van der Waals surface area contributed by atoms with E-state index in [4.69, 9.17) is 0 Å². The van der Waals surface area contributed by atoms with Crippen LogP contribution in [0.1, 0.15) is 81.2 Å². The zero-order valence-electron chi connectivity index (χ0n) is 14.5. The molecule has 1 atom stereocenters. The van der Waals surface area contributed by atoms with E-state index in [0.29, 0.717) is 18.2 Å². The Morgan fingerprint density at radius 3 is 2.29 bits per heavy atom. The molecule has 1 unspecified atom stereocenters. The predicted octanol–water partition coefficient (Wildman–Crippen LogP) is 2.57. The van der Waals surface area contributed by atoms with Gasteiger partial charge in [0.15, 0.2) is 0 Å². The Balaban J connectivity index is 1.61. The lowest BCUT2D eigenvalue weighted by molar-refractivity contribution is -0.125. The lowest BCUT2D eigenvalue weighted by Crippen LogP contribution is -2.38. The predicted molar refractivity (Wildman–Crippen MR) is 91.7 cm³/mol. The van der Waals surface area contributed by atoms with Gasteiger partial charge in [-0.25, -0.2) is 0 Å². The van der Waals surface area contributed by atoms with E-state index in [9.17, 15) is 9.59 Å². The standard InChI is InChI=1S/C18H28N4O2/c1-2-16(18(24)20-14-9-5-6-10-14)22-12-11-15(21-22)17(23)19-13-7-3-4-8-13/h11-14,16H,2-10H2,1H3,(H,19,23)(H,20,24). The Labute approximate surface area is 143 Å². The zero-order chi connectivity index (χ0) is 16.9. The molecule has 3 rings (SSSR count). The molecule has 1 heterocycles. The van der Waals surface area contributed by atoms with Gasteiger partial charge in [-0.1, -0.05) is 32.6 Å². The molecule has 24 heavy (non-hydrogen) atoms. The van der Waals surface area contributed by atoms with Gasteiger partial charge in [-0.2, -0.15) is 5.10 Å². The summed E-state index contributed by atoms with van der Waals surface area (Å²) in [5.74, 6) is -0.123. The molecular weight excluding hydrogens is 304 g/mol. The maximum Gasteiger partial charge on any atom is 0.271 e. The van der Waals surface area contributed by atoms with Gasteiger partial charge in [0.05, 0.1) is 0 Å². The van der Waals surface area contributed by atoms with Crippen LogP contribution in [0, 0.1) is 0 Å². The summed E-state index contributed by atoms with van der Waals surface area (Å²) in [4.78, 5) is 24.8. The number of aromatic nitrogens is 2. The van der Waals surface area contributed by atoms with E-state index in [-0.39, 0.29) is 23.9 Å². The molecule has 6 nitrogen and oxygen atoms in total. The first-order valence-corrected chi connectivity index (χ1v) is 9.33. The van der Waals surface area contributed by atoms with Crippen LogP contribution >= 0.6 is 0 Å². The molecule has 2 amide bonds. The summed E-state index contributed by atoms with van der Waals surface area (Å²) in [6.07, 6.45) is 11.4. The second-order valence-electron chi connectivity index (χ2n) is 7.05. The number of carbonyl (C=O) groups excluding carboxylic acids is 2. The van der Waals surface area contributed by atoms with Gasteiger partial charge in [-0.15, -0.1) is 0 Å². The third-order valence-corrected chi connectivity index (χ3v) is 5.24. The third-order valence-electron chi connectivity index (χ3n) is 5.24. The normalized spacial score (nSPS) is 20.2. The van der Waals surface area contributed by atoms with Crippen LogP contribution in [0.3, 0.4) is 0 Å². The number of nitrogens with zero attached hydrogens (tertiary/aromatic N) is 2. The van der Waals surface area contributed by atoms with Crippen LogP contribution in [0.2, 0.25) is 0 Å². The second kappa shape index (κ2) is 7.81. The number of nitrogens with one attached hydrogen (secondary N) is 2. The largest absolute Gasteiger partial charge is 0.352 e. The van der Waals surface area contributed by atoms with E-state index in [1.165, 1.54) is 25.7 Å². The van der Waals surface area contributed by atoms with Gasteiger partial charge < -0.3 is 10.6 Å². The molecule has 0 bridgehead atoms. The van der Waals surface area contributed by atoms with E-state index in [0.717, 1.165) is 25.7 Å². The van der Waals surface area contributed by atoms with Gasteiger partial charge in [0.1, 0.15) is 11.7 Å². The molecule has 0 aliphatic heterocycles. The summed E-state index contributed by atoms with van der Waals surface area (Å²) in [6, 6.07) is 1.93. The van der Waals surface area contributed by atoms with Crippen LogP contribution in [-0.2, 0) is 4.79 Å². The summed E-state index contributed by atoms with van der Waals surface area (Å²) in [5, 5.41) is 10.5. The van der Waals surface area contributed by atoms with Crippen LogP contribution in [0.15, 0.2) is 12.3 Å². The molecule has 2 aliphatic carbocycles. The van der Waals surface area contributed by atoms with E-state index in [1.54, 1.807) is 16.9 Å². The van der Waals surface area contributed by atoms with Crippen LogP contribution in [0.4, 0.5) is 0 Å². The minimum atomic E-state index is -0.348. The highest BCUT2D eigenvalue weighted by molar-refractivity contribution is 5.92. The first-order chi connectivity index (χ1) is 11.7. The second-order valence-corrected chi connectivity index (χ2v) is 7.05. The van der Waals surface area contributed by atoms with Gasteiger partial charge in [-0.05, 0) is 38.2 Å². The smallest absolute Gasteiger partial charge is 0.271 e. The monoisotopic (exact) mass is 332 g/mol. The molecule has 1 aromatic rings. The van der Waals surface area contributed by atoms with Crippen molar-refractivity contribution in [1.82, 2.24) is 20.4 Å². The van der Waals surface area contributed by atoms with Gasteiger partial charge in [0.25, 0.3) is 5.91 Å². The Morgan fingerprint density at radius 1 is 1.12 bits per heavy atom. The highest BCUT2D eigenvalue weighted by Crippen LogP contribution is 2.20. The quantitative estimate of drug-likeness (QED) is 0.840. The van der Waals surface area contributed by atoms with Crippen molar-refractivity contribution in [3.63, 3.8) is 0 Å². The highest BCUT2D eigenvalue weighted by Gasteiger charge is 2.25. The molecule has 6 heteroatoms. The summed E-state index contributed by atoms with van der Waals surface area (Å²) in [5.41, 5.74) is 0.397. The fourth-order valence-corrected chi connectivity index (χ4v) is 3.82. The fourth-order valence-electron chi connectivity index (χ4n) is 3.82. The van der Waals surface area contributed by atoms with Gasteiger partial charge >= 0.3 is 0 Å². The van der Waals surface area contributed by atoms with Crippen LogP contribution in [0.25, 0.3) is 0 Å². The minimum Gasteiger partial charge on any atom is -0.352 e. The number of hydrogen-bond acceptors (Lipinski definition) is 3. The fraction of sp³-hybridized carbons (Fsp3) is 0.722. The Bertz CT molecular complexity index is 571. The molecular formula is C18H28N4O2. The first kappa shape index (κ1) is 17.0. The number of carbonyl (C=O) groups is 2. The Hall–Kier alpha value is -1.85. The Morgan fingerprint density at radius 2 is 1.71 bits per heavy atom. The van der Waals surface area contributed by atoms with Gasteiger partial charge in [-0.3, -0.25) is 14.3 Å². The van der Waals surface area contributed by atoms with Crippen molar-refractivity contribution in [2.75, 3.05) is 0 Å². The number of rotatable bonds is 6. The SMILES string of the molecule is CCC(C(=O)NC1CCCC1)n1ccc(C(=O)NC2CCCC2)n1. The molecule has 0 spiro atoms. The van der Waals surface area contributed by atoms with E-state index in [2.05, 4.69) is 15.7 Å². The van der Waals surface area contributed by atoms with Crippen molar-refractivity contribution < 1.29 is 9.59 Å². The van der Waals surface area contributed by atoms with Crippen molar-refractivity contribution in [3.05, 3.63) is 18.0 Å². The molecule has 1 aromatic heterocycles. The molecule has 132 valence electrons. The van der Waals surface area contributed by atoms with Crippen LogP contribution < -0.4 is 10.6 Å². The topological polar surface area (TPSA) is 76.0 Å². The van der Waals surface area contributed by atoms with Crippen molar-refractivity contribution in [3.8, 4) is 0 Å². The molecule has 2 saturated carbocycles. The van der Waals surface area contributed by atoms with E-state index in [1.807, 2.05) is 6.92 Å². The molecule has 0 radical (unpaired) electrons. The molecule has 2 fully saturated rings. The third kappa shape index (κ3) is 3.97. The highest BCUT2D eigenvalue weighted by atomic mass is 16.2. The molecule has 2 N–H and O–H groups in total. The lowest BCUT2D eigenvalue weighted by Gasteiger charge is -2.19. The zero-order valence-corrected chi connectivity index (χ0v) is 14.5. The Kier molecular flexibility index (Phi) is 5.53. The van der Waals surface area contributed by atoms with E-state index < -0.39 is 0 Å². The van der Waals surface area contributed by atoms with Gasteiger partial charge in [0, 0.05) is 18.3 Å². The number of hydrogen-bond donors (Lipinski definition) is 2. The van der Waals surface area contributed by atoms with Crippen LogP contribution in [-0.4, -0.2) is 33.7 Å². The first-order valence-electron chi connectivity index (χ1n) is 9.33. The summed E-state index contributed by atoms with van der Waals surface area (Å²) in [6.45, 7) is 1.97. The molecule has 2 aliphatic rings. The maximum atomic E-state index is 12.5. The minimum absolute atomic E-state index is 0.00949. The average Bonchev–Trinajstić information content (AvgIpc) is 3.29. The summed E-state index contributed by atoms with van der Waals surface area (Å²) in [7, 11) is 0. The molecule has 0 aromatic carbocycles. The van der Waals surface area contributed by atoms with Crippen LogP contribution in [0.5, 0.6) is 0 Å². The number of amides is 2. The van der Waals surface area contributed by atoms with Crippen molar-refractivity contribution >= 4 is 11.8 Å². The maximum absolute atomic E-state index is 12.5. The average molecular weight is 332 g/mol. The van der Waals surface area contributed by atoms with Crippen molar-refractivity contribution in [1.29, 1.82) is 0 Å². The molecule has 0 saturated heterocycles. The van der Waals surface area contributed by atoms with E-state index >= 15 is 0 Å². The van der Waals surface area contributed by atoms with Gasteiger partial charge in [0.2, 0.25) is 5.91 Å². The lowest BCUT2D eigenvalue weighted by atomic mass is 10.2.